The maximum Gasteiger partial charge on any atom is 0.199 e. The predicted molar refractivity (Wildman–Crippen MR) is 38.1 cm³/mol. The zero-order valence-electron chi connectivity index (χ0n) is 6.18. The quantitative estimate of drug-likeness (QED) is 0.546. The minimum absolute atomic E-state index is 0.543. The van der Waals surface area contributed by atoms with E-state index in [-0.39, 0.29) is 0 Å². The lowest BCUT2D eigenvalue weighted by Gasteiger charge is -2.15. The largest absolute Gasteiger partial charge is 0.303 e. The first-order chi connectivity index (χ1) is 4.35. The number of hydrogen-bond acceptors (Lipinski definition) is 2. The average molecular weight is 128 g/mol. The molecule has 0 unspecified atom stereocenters. The standard InChI is InChI=1S/C7H14NO/c1-3-8(4-2)6-5-7-9/h3-6H2,1-2H3. The van der Waals surface area contributed by atoms with Gasteiger partial charge in [0.05, 0.1) is 0 Å². The van der Waals surface area contributed by atoms with Crippen LogP contribution in [0.2, 0.25) is 0 Å². The summed E-state index contributed by atoms with van der Waals surface area (Å²) < 4.78 is 0. The van der Waals surface area contributed by atoms with Crippen LogP contribution < -0.4 is 0 Å². The van der Waals surface area contributed by atoms with Crippen LogP contribution in [0, 0.1) is 0 Å². The summed E-state index contributed by atoms with van der Waals surface area (Å²) in [4.78, 5) is 12.0. The molecular formula is C7H14NO. The molecule has 0 fully saturated rings. The molecule has 0 amide bonds. The van der Waals surface area contributed by atoms with Crippen LogP contribution in [0.1, 0.15) is 20.3 Å². The van der Waals surface area contributed by atoms with Crippen molar-refractivity contribution in [3.8, 4) is 0 Å². The van der Waals surface area contributed by atoms with E-state index in [9.17, 15) is 4.79 Å². The van der Waals surface area contributed by atoms with Gasteiger partial charge in [-0.25, -0.2) is 0 Å². The Morgan fingerprint density at radius 3 is 2.22 bits per heavy atom. The van der Waals surface area contributed by atoms with Gasteiger partial charge in [-0.3, -0.25) is 4.79 Å². The lowest BCUT2D eigenvalue weighted by atomic mass is 10.4. The minimum atomic E-state index is 0.543. The van der Waals surface area contributed by atoms with Gasteiger partial charge in [-0.1, -0.05) is 13.8 Å². The van der Waals surface area contributed by atoms with Crippen LogP contribution >= 0.6 is 0 Å². The average Bonchev–Trinajstić information content (AvgIpc) is 1.91. The molecule has 2 heteroatoms. The van der Waals surface area contributed by atoms with Crippen molar-refractivity contribution in [2.75, 3.05) is 19.6 Å². The number of nitrogens with zero attached hydrogens (tertiary/aromatic N) is 1. The molecule has 0 aliphatic carbocycles. The van der Waals surface area contributed by atoms with Crippen molar-refractivity contribution >= 4 is 6.29 Å². The van der Waals surface area contributed by atoms with Crippen molar-refractivity contribution in [2.24, 2.45) is 0 Å². The van der Waals surface area contributed by atoms with Crippen molar-refractivity contribution in [2.45, 2.75) is 20.3 Å². The molecule has 9 heavy (non-hydrogen) atoms. The first-order valence-corrected chi connectivity index (χ1v) is 3.42. The summed E-state index contributed by atoms with van der Waals surface area (Å²) in [6.07, 6.45) is 2.42. The molecule has 0 bridgehead atoms. The number of hydrogen-bond donors (Lipinski definition) is 0. The Bertz CT molecular complexity index is 69.3. The van der Waals surface area contributed by atoms with Crippen molar-refractivity contribution in [1.29, 1.82) is 0 Å². The summed E-state index contributed by atoms with van der Waals surface area (Å²) in [5, 5.41) is 0. The molecule has 0 N–H and O–H groups in total. The van der Waals surface area contributed by atoms with Gasteiger partial charge in [-0.15, -0.1) is 0 Å². The van der Waals surface area contributed by atoms with E-state index >= 15 is 0 Å². The van der Waals surface area contributed by atoms with Crippen molar-refractivity contribution in [1.82, 2.24) is 4.90 Å². The second-order valence-electron chi connectivity index (χ2n) is 1.92. The number of rotatable bonds is 5. The van der Waals surface area contributed by atoms with Crippen LogP contribution in [0.4, 0.5) is 0 Å². The third-order valence-electron chi connectivity index (χ3n) is 1.42. The van der Waals surface area contributed by atoms with Gasteiger partial charge in [0.25, 0.3) is 0 Å². The molecule has 2 nitrogen and oxygen atoms in total. The summed E-state index contributed by atoms with van der Waals surface area (Å²) in [5.74, 6) is 0. The highest BCUT2D eigenvalue weighted by atomic mass is 16.1. The van der Waals surface area contributed by atoms with Crippen LogP contribution in [-0.4, -0.2) is 30.8 Å². The van der Waals surface area contributed by atoms with Gasteiger partial charge in [0.1, 0.15) is 0 Å². The topological polar surface area (TPSA) is 20.3 Å². The van der Waals surface area contributed by atoms with Crippen LogP contribution in [0.15, 0.2) is 0 Å². The molecule has 0 spiro atoms. The Kier molecular flexibility index (Phi) is 5.52. The molecule has 0 atom stereocenters. The van der Waals surface area contributed by atoms with Gasteiger partial charge in [0, 0.05) is 13.0 Å². The second kappa shape index (κ2) is 5.76. The lowest BCUT2D eigenvalue weighted by Crippen LogP contribution is -2.24. The van der Waals surface area contributed by atoms with Gasteiger partial charge in [0.15, 0.2) is 6.29 Å². The molecule has 0 aromatic rings. The van der Waals surface area contributed by atoms with E-state index in [0.29, 0.717) is 6.42 Å². The molecule has 0 aliphatic rings. The van der Waals surface area contributed by atoms with Crippen LogP contribution in [0.3, 0.4) is 0 Å². The van der Waals surface area contributed by atoms with Crippen molar-refractivity contribution < 1.29 is 4.79 Å². The first-order valence-electron chi connectivity index (χ1n) is 3.42. The SMILES string of the molecule is CCN(CC)CC[C]=O. The van der Waals surface area contributed by atoms with Gasteiger partial charge < -0.3 is 4.90 Å². The van der Waals surface area contributed by atoms with E-state index in [1.807, 2.05) is 6.29 Å². The summed E-state index contributed by atoms with van der Waals surface area (Å²) in [6, 6.07) is 0. The molecule has 0 rings (SSSR count). The summed E-state index contributed by atoms with van der Waals surface area (Å²) in [7, 11) is 0. The van der Waals surface area contributed by atoms with Crippen LogP contribution in [-0.2, 0) is 4.79 Å². The van der Waals surface area contributed by atoms with E-state index in [1.165, 1.54) is 0 Å². The fraction of sp³-hybridized carbons (Fsp3) is 0.857. The molecule has 0 saturated carbocycles. The van der Waals surface area contributed by atoms with Crippen LogP contribution in [0.5, 0.6) is 0 Å². The first kappa shape index (κ1) is 8.63. The zero-order valence-corrected chi connectivity index (χ0v) is 6.18. The third-order valence-corrected chi connectivity index (χ3v) is 1.42. The minimum Gasteiger partial charge on any atom is -0.303 e. The van der Waals surface area contributed by atoms with Gasteiger partial charge in [0.2, 0.25) is 0 Å². The maximum absolute atomic E-state index is 9.79. The molecule has 0 aromatic carbocycles. The zero-order chi connectivity index (χ0) is 7.11. The van der Waals surface area contributed by atoms with Crippen molar-refractivity contribution in [3.63, 3.8) is 0 Å². The van der Waals surface area contributed by atoms with E-state index in [2.05, 4.69) is 18.7 Å². The Hall–Kier alpha value is -0.370. The molecular weight excluding hydrogens is 114 g/mol. The highest BCUT2D eigenvalue weighted by molar-refractivity contribution is 5.50. The normalized spacial score (nSPS) is 10.1. The second-order valence-corrected chi connectivity index (χ2v) is 1.92. The van der Waals surface area contributed by atoms with Crippen LogP contribution in [0.25, 0.3) is 0 Å². The van der Waals surface area contributed by atoms with E-state index < -0.39 is 0 Å². The molecule has 0 saturated heterocycles. The maximum atomic E-state index is 9.79. The highest BCUT2D eigenvalue weighted by Gasteiger charge is 1.95. The van der Waals surface area contributed by atoms with E-state index in [4.69, 9.17) is 0 Å². The lowest BCUT2D eigenvalue weighted by molar-refractivity contribution is 0.311. The fourth-order valence-electron chi connectivity index (χ4n) is 0.744. The molecule has 0 aliphatic heterocycles. The van der Waals surface area contributed by atoms with E-state index in [0.717, 1.165) is 19.6 Å². The van der Waals surface area contributed by atoms with Gasteiger partial charge in [-0.05, 0) is 13.1 Å². The smallest absolute Gasteiger partial charge is 0.199 e. The number of carbonyl (C=O) groups excluding carboxylic acids is 1. The van der Waals surface area contributed by atoms with Gasteiger partial charge in [-0.2, -0.15) is 0 Å². The Morgan fingerprint density at radius 1 is 1.33 bits per heavy atom. The molecule has 53 valence electrons. The van der Waals surface area contributed by atoms with Gasteiger partial charge >= 0.3 is 0 Å². The summed E-state index contributed by atoms with van der Waals surface area (Å²) in [5.41, 5.74) is 0. The third kappa shape index (κ3) is 4.15. The Morgan fingerprint density at radius 2 is 1.89 bits per heavy atom. The fourth-order valence-corrected chi connectivity index (χ4v) is 0.744. The van der Waals surface area contributed by atoms with Crippen molar-refractivity contribution in [3.05, 3.63) is 0 Å². The highest BCUT2D eigenvalue weighted by Crippen LogP contribution is 1.86. The van der Waals surface area contributed by atoms with E-state index in [1.54, 1.807) is 0 Å². The molecule has 0 aromatic heterocycles. The monoisotopic (exact) mass is 128 g/mol. The summed E-state index contributed by atoms with van der Waals surface area (Å²) in [6.45, 7) is 7.09. The Balaban J connectivity index is 3.19. The molecule has 1 radical (unpaired) electrons. The summed E-state index contributed by atoms with van der Waals surface area (Å²) >= 11 is 0. The molecule has 0 heterocycles. The predicted octanol–water partition coefficient (Wildman–Crippen LogP) is 0.828. The Labute approximate surface area is 56.9 Å².